The fraction of sp³-hybridized carbons (Fsp3) is 0.600. The van der Waals surface area contributed by atoms with Gasteiger partial charge in [-0.15, -0.1) is 0 Å². The monoisotopic (exact) mass is 294 g/mol. The molecule has 3 fully saturated rings. The van der Waals surface area contributed by atoms with Gasteiger partial charge in [0.2, 0.25) is 0 Å². The van der Waals surface area contributed by atoms with Crippen LogP contribution in [0.5, 0.6) is 0 Å². The third-order valence-electron chi connectivity index (χ3n) is 4.06. The average Bonchev–Trinajstić information content (AvgIpc) is 2.89. The number of aliphatic hydroxyl groups is 1. The topological polar surface area (TPSA) is 66.4 Å². The highest BCUT2D eigenvalue weighted by molar-refractivity contribution is 5.16. The van der Waals surface area contributed by atoms with Gasteiger partial charge in [-0.3, -0.25) is 0 Å². The summed E-state index contributed by atoms with van der Waals surface area (Å²) >= 11 is 0. The van der Waals surface area contributed by atoms with Crippen LogP contribution in [-0.4, -0.2) is 48.7 Å². The molecule has 2 unspecified atom stereocenters. The molecule has 3 heterocycles. The quantitative estimate of drug-likeness (QED) is 0.832. The van der Waals surface area contributed by atoms with Crippen molar-refractivity contribution in [2.75, 3.05) is 6.61 Å². The van der Waals surface area contributed by atoms with Gasteiger partial charge >= 0.3 is 0 Å². The second-order valence-corrected chi connectivity index (χ2v) is 5.51. The van der Waals surface area contributed by atoms with Crippen molar-refractivity contribution >= 4 is 0 Å². The van der Waals surface area contributed by atoms with Crippen LogP contribution >= 0.6 is 0 Å². The van der Waals surface area contributed by atoms with Crippen LogP contribution in [0.2, 0.25) is 0 Å². The lowest BCUT2D eigenvalue weighted by Gasteiger charge is -2.44. The van der Waals surface area contributed by atoms with Crippen molar-refractivity contribution in [1.29, 1.82) is 0 Å². The molecule has 1 aromatic rings. The summed E-state index contributed by atoms with van der Waals surface area (Å²) in [6.45, 7) is 2.13. The van der Waals surface area contributed by atoms with Crippen molar-refractivity contribution in [3.8, 4) is 0 Å². The molecule has 0 radical (unpaired) electrons. The Labute approximate surface area is 122 Å². The first-order valence-corrected chi connectivity index (χ1v) is 7.19. The molecular formula is C15H18O6. The molecule has 7 atom stereocenters. The number of ether oxygens (including phenoxy) is 5. The molecule has 0 aromatic heterocycles. The van der Waals surface area contributed by atoms with Crippen LogP contribution in [0, 0.1) is 0 Å². The molecule has 0 bridgehead atoms. The first-order valence-electron chi connectivity index (χ1n) is 7.19. The van der Waals surface area contributed by atoms with E-state index < -0.39 is 30.9 Å². The smallest absolute Gasteiger partial charge is 0.190 e. The van der Waals surface area contributed by atoms with Crippen molar-refractivity contribution in [1.82, 2.24) is 0 Å². The first kappa shape index (κ1) is 13.6. The fourth-order valence-corrected chi connectivity index (χ4v) is 3.04. The van der Waals surface area contributed by atoms with Gasteiger partial charge in [-0.05, 0) is 6.92 Å². The Balaban J connectivity index is 1.52. The molecule has 6 heteroatoms. The highest BCUT2D eigenvalue weighted by Crippen LogP contribution is 2.37. The van der Waals surface area contributed by atoms with E-state index in [1.165, 1.54) is 0 Å². The third kappa shape index (κ3) is 2.38. The number of hydrogen-bond donors (Lipinski definition) is 1. The fourth-order valence-electron chi connectivity index (χ4n) is 3.04. The van der Waals surface area contributed by atoms with Gasteiger partial charge in [-0.2, -0.15) is 0 Å². The lowest BCUT2D eigenvalue weighted by molar-refractivity contribution is -0.338. The average molecular weight is 294 g/mol. The molecule has 4 rings (SSSR count). The van der Waals surface area contributed by atoms with Crippen LogP contribution in [0.3, 0.4) is 0 Å². The van der Waals surface area contributed by atoms with Gasteiger partial charge in [-0.1, -0.05) is 30.3 Å². The minimum atomic E-state index is -0.797. The van der Waals surface area contributed by atoms with Crippen molar-refractivity contribution < 1.29 is 28.8 Å². The Bertz CT molecular complexity index is 494. The predicted molar refractivity (Wildman–Crippen MR) is 70.1 cm³/mol. The summed E-state index contributed by atoms with van der Waals surface area (Å²) in [5.41, 5.74) is 0.919. The van der Waals surface area contributed by atoms with Crippen LogP contribution in [0.1, 0.15) is 18.8 Å². The summed E-state index contributed by atoms with van der Waals surface area (Å²) in [6, 6.07) is 9.65. The minimum absolute atomic E-state index is 0.349. The van der Waals surface area contributed by atoms with E-state index >= 15 is 0 Å². The molecule has 0 spiro atoms. The van der Waals surface area contributed by atoms with E-state index in [2.05, 4.69) is 0 Å². The zero-order chi connectivity index (χ0) is 14.4. The van der Waals surface area contributed by atoms with Gasteiger partial charge in [0.15, 0.2) is 18.9 Å². The van der Waals surface area contributed by atoms with E-state index in [0.29, 0.717) is 6.61 Å². The molecule has 3 saturated heterocycles. The lowest BCUT2D eigenvalue weighted by Crippen LogP contribution is -2.60. The predicted octanol–water partition coefficient (Wildman–Crippen LogP) is 0.948. The Hall–Kier alpha value is -1.02. The Morgan fingerprint density at radius 3 is 2.62 bits per heavy atom. The van der Waals surface area contributed by atoms with Gasteiger partial charge in [0.05, 0.1) is 6.61 Å². The summed E-state index contributed by atoms with van der Waals surface area (Å²) in [6.07, 6.45) is -3.60. The van der Waals surface area contributed by atoms with Crippen LogP contribution in [0.25, 0.3) is 0 Å². The van der Waals surface area contributed by atoms with E-state index in [1.807, 2.05) is 30.3 Å². The molecule has 6 nitrogen and oxygen atoms in total. The Kier molecular flexibility index (Phi) is 3.45. The minimum Gasteiger partial charge on any atom is -0.387 e. The molecule has 0 amide bonds. The summed E-state index contributed by atoms with van der Waals surface area (Å²) in [4.78, 5) is 0. The van der Waals surface area contributed by atoms with Crippen molar-refractivity contribution in [2.24, 2.45) is 0 Å². The Morgan fingerprint density at radius 2 is 1.81 bits per heavy atom. The first-order chi connectivity index (χ1) is 10.2. The van der Waals surface area contributed by atoms with Crippen molar-refractivity contribution in [3.05, 3.63) is 35.9 Å². The molecular weight excluding hydrogens is 276 g/mol. The molecule has 3 aliphatic rings. The zero-order valence-electron chi connectivity index (χ0n) is 11.6. The maximum atomic E-state index is 10.5. The van der Waals surface area contributed by atoms with Crippen molar-refractivity contribution in [2.45, 2.75) is 50.2 Å². The summed E-state index contributed by atoms with van der Waals surface area (Å²) in [5, 5.41) is 10.5. The molecule has 1 aromatic carbocycles. The summed E-state index contributed by atoms with van der Waals surface area (Å²) in [5.74, 6) is 0. The van der Waals surface area contributed by atoms with E-state index in [9.17, 15) is 5.11 Å². The lowest BCUT2D eigenvalue weighted by atomic mass is 9.98. The highest BCUT2D eigenvalue weighted by Gasteiger charge is 2.53. The SMILES string of the molecule is CC1O[C@H]2O[C@@H]3COC(c4ccccc4)O[C@H]3[C@H](O)[C@H]2O1. The van der Waals surface area contributed by atoms with E-state index in [4.69, 9.17) is 23.7 Å². The van der Waals surface area contributed by atoms with Gasteiger partial charge < -0.3 is 28.8 Å². The maximum absolute atomic E-state index is 10.5. The van der Waals surface area contributed by atoms with Crippen molar-refractivity contribution in [3.63, 3.8) is 0 Å². The number of benzene rings is 1. The van der Waals surface area contributed by atoms with Gasteiger partial charge in [-0.25, -0.2) is 0 Å². The molecule has 114 valence electrons. The molecule has 1 N–H and O–H groups in total. The number of aliphatic hydroxyl groups excluding tert-OH is 1. The van der Waals surface area contributed by atoms with Crippen LogP contribution in [0.15, 0.2) is 30.3 Å². The van der Waals surface area contributed by atoms with Gasteiger partial charge in [0.1, 0.15) is 24.4 Å². The summed E-state index contributed by atoms with van der Waals surface area (Å²) in [7, 11) is 0. The second-order valence-electron chi connectivity index (χ2n) is 5.51. The largest absolute Gasteiger partial charge is 0.387 e. The summed E-state index contributed by atoms with van der Waals surface area (Å²) < 4.78 is 28.4. The zero-order valence-corrected chi connectivity index (χ0v) is 11.6. The number of fused-ring (bicyclic) bond motifs is 2. The van der Waals surface area contributed by atoms with E-state index in [0.717, 1.165) is 5.56 Å². The molecule has 0 saturated carbocycles. The normalized spacial score (nSPS) is 45.9. The van der Waals surface area contributed by atoms with E-state index in [1.54, 1.807) is 6.92 Å². The van der Waals surface area contributed by atoms with Gasteiger partial charge in [0, 0.05) is 5.56 Å². The third-order valence-corrected chi connectivity index (χ3v) is 4.06. The van der Waals surface area contributed by atoms with Crippen LogP contribution in [0.4, 0.5) is 0 Å². The highest BCUT2D eigenvalue weighted by atomic mass is 16.8. The molecule has 3 aliphatic heterocycles. The molecule has 0 aliphatic carbocycles. The second kappa shape index (κ2) is 5.31. The molecule has 21 heavy (non-hydrogen) atoms. The Morgan fingerprint density at radius 1 is 1.00 bits per heavy atom. The maximum Gasteiger partial charge on any atom is 0.190 e. The van der Waals surface area contributed by atoms with Gasteiger partial charge in [0.25, 0.3) is 0 Å². The standard InChI is InChI=1S/C15H18O6/c1-8-18-13-11(16)12-10(20-15(13)19-8)7-17-14(21-12)9-5-3-2-4-6-9/h2-6,8,10-16H,7H2,1H3/t8?,10-,11+,12-,13-,14?,15+/m1/s1. The number of rotatable bonds is 1. The number of hydrogen-bond acceptors (Lipinski definition) is 6. The van der Waals surface area contributed by atoms with E-state index in [-0.39, 0.29) is 12.4 Å². The van der Waals surface area contributed by atoms with Crippen LogP contribution < -0.4 is 0 Å². The van der Waals surface area contributed by atoms with Crippen LogP contribution in [-0.2, 0) is 23.7 Å².